The quantitative estimate of drug-likeness (QED) is 0.570. The minimum atomic E-state index is 0.292. The van der Waals surface area contributed by atoms with E-state index in [1.165, 1.54) is 5.56 Å². The summed E-state index contributed by atoms with van der Waals surface area (Å²) in [4.78, 5) is 0. The van der Waals surface area contributed by atoms with Crippen molar-refractivity contribution in [1.29, 1.82) is 0 Å². The molecular formula is C12H15ClOS2. The van der Waals surface area contributed by atoms with Crippen molar-refractivity contribution in [1.82, 2.24) is 0 Å². The first-order chi connectivity index (χ1) is 7.63. The third-order valence-corrected chi connectivity index (χ3v) is 4.23. The molecular weight excluding hydrogens is 260 g/mol. The minimum absolute atomic E-state index is 0.292. The van der Waals surface area contributed by atoms with Gasteiger partial charge in [-0.15, -0.1) is 0 Å². The molecule has 1 aromatic rings. The highest BCUT2D eigenvalue weighted by Crippen LogP contribution is 2.19. The lowest BCUT2D eigenvalue weighted by Gasteiger charge is -2.08. The van der Waals surface area contributed by atoms with E-state index in [1.807, 2.05) is 23.9 Å². The first-order valence-electron chi connectivity index (χ1n) is 5.03. The molecule has 1 aromatic carbocycles. The summed E-state index contributed by atoms with van der Waals surface area (Å²) in [5.41, 5.74) is 1.29. The average Bonchev–Trinajstić information content (AvgIpc) is 2.29. The Hall–Kier alpha value is -0.250. The molecule has 0 heterocycles. The van der Waals surface area contributed by atoms with Crippen molar-refractivity contribution in [3.8, 4) is 5.75 Å². The molecule has 4 heteroatoms. The molecule has 1 unspecified atom stereocenters. The highest BCUT2D eigenvalue weighted by Gasteiger charge is 2.05. The van der Waals surface area contributed by atoms with E-state index in [4.69, 9.17) is 28.6 Å². The van der Waals surface area contributed by atoms with Crippen LogP contribution in [0.2, 0.25) is 0 Å². The Labute approximate surface area is 112 Å². The lowest BCUT2D eigenvalue weighted by Crippen LogP contribution is -2.04. The highest BCUT2D eigenvalue weighted by molar-refractivity contribution is 7.98. The zero-order valence-corrected chi connectivity index (χ0v) is 11.8. The number of benzene rings is 1. The molecule has 0 aliphatic rings. The van der Waals surface area contributed by atoms with Gasteiger partial charge < -0.3 is 4.74 Å². The maximum Gasteiger partial charge on any atom is 0.118 e. The fourth-order valence-corrected chi connectivity index (χ4v) is 2.56. The molecule has 0 aliphatic heterocycles. The molecule has 1 rings (SSSR count). The first kappa shape index (κ1) is 13.8. The summed E-state index contributed by atoms with van der Waals surface area (Å²) >= 11 is 12.5. The van der Waals surface area contributed by atoms with E-state index in [9.17, 15) is 0 Å². The van der Waals surface area contributed by atoms with Crippen LogP contribution in [0, 0.1) is 5.92 Å². The third-order valence-electron chi connectivity index (χ3n) is 2.18. The van der Waals surface area contributed by atoms with Crippen LogP contribution in [0.1, 0.15) is 12.5 Å². The van der Waals surface area contributed by atoms with Crippen molar-refractivity contribution in [3.05, 3.63) is 29.8 Å². The number of hydrogen-bond donors (Lipinski definition) is 0. The van der Waals surface area contributed by atoms with Crippen LogP contribution in [0.5, 0.6) is 5.75 Å². The van der Waals surface area contributed by atoms with E-state index >= 15 is 0 Å². The van der Waals surface area contributed by atoms with E-state index < -0.39 is 0 Å². The highest BCUT2D eigenvalue weighted by atomic mass is 35.5. The van der Waals surface area contributed by atoms with Crippen molar-refractivity contribution in [2.45, 2.75) is 12.7 Å². The summed E-state index contributed by atoms with van der Waals surface area (Å²) < 4.78 is 5.67. The van der Waals surface area contributed by atoms with E-state index in [0.717, 1.165) is 17.3 Å². The van der Waals surface area contributed by atoms with Gasteiger partial charge in [0.2, 0.25) is 0 Å². The lowest BCUT2D eigenvalue weighted by atomic mass is 10.2. The zero-order chi connectivity index (χ0) is 12.0. The summed E-state index contributed by atoms with van der Waals surface area (Å²) in [5.74, 6) is 3.13. The van der Waals surface area contributed by atoms with Crippen LogP contribution in [0.4, 0.5) is 0 Å². The van der Waals surface area contributed by atoms with Crippen LogP contribution < -0.4 is 4.74 Å². The predicted octanol–water partition coefficient (Wildman–Crippen LogP) is 4.13. The first-order valence-corrected chi connectivity index (χ1v) is 6.97. The zero-order valence-electron chi connectivity index (χ0n) is 9.40. The molecule has 1 nitrogen and oxygen atoms in total. The van der Waals surface area contributed by atoms with Gasteiger partial charge in [0.05, 0.1) is 11.4 Å². The smallest absolute Gasteiger partial charge is 0.118 e. The molecule has 0 aliphatic carbocycles. The lowest BCUT2D eigenvalue weighted by molar-refractivity contribution is 0.414. The number of methoxy groups -OCH3 is 1. The number of halogens is 1. The molecule has 0 N–H and O–H groups in total. The monoisotopic (exact) mass is 274 g/mol. The molecule has 0 fully saturated rings. The maximum atomic E-state index is 5.75. The van der Waals surface area contributed by atoms with Gasteiger partial charge in [-0.1, -0.05) is 42.9 Å². The standard InChI is InChI=1S/C12H15ClOS2/c1-9(12(13)15)7-16-8-10-3-5-11(14-2)6-4-10/h3-6,9H,7-8H2,1-2H3. The second-order valence-electron chi connectivity index (χ2n) is 3.57. The van der Waals surface area contributed by atoms with Gasteiger partial charge in [-0.25, -0.2) is 0 Å². The Morgan fingerprint density at radius 2 is 2.06 bits per heavy atom. The Balaban J connectivity index is 2.34. The van der Waals surface area contributed by atoms with Crippen LogP contribution in [0.3, 0.4) is 0 Å². The Bertz CT molecular complexity index is 337. The molecule has 0 bridgehead atoms. The number of thioether (sulfide) groups is 1. The van der Waals surface area contributed by atoms with Crippen molar-refractivity contribution in [2.24, 2.45) is 5.92 Å². The topological polar surface area (TPSA) is 9.23 Å². The van der Waals surface area contributed by atoms with Gasteiger partial charge in [-0.3, -0.25) is 0 Å². The van der Waals surface area contributed by atoms with Gasteiger partial charge in [0.1, 0.15) is 5.75 Å². The van der Waals surface area contributed by atoms with Crippen molar-refractivity contribution in [3.63, 3.8) is 0 Å². The van der Waals surface area contributed by atoms with Crippen LogP contribution in [0.15, 0.2) is 24.3 Å². The van der Waals surface area contributed by atoms with Gasteiger partial charge in [0.25, 0.3) is 0 Å². The Kier molecular flexibility index (Phi) is 6.17. The van der Waals surface area contributed by atoms with Crippen LogP contribution >= 0.6 is 35.6 Å². The SMILES string of the molecule is COc1ccc(CSCC(C)C(=S)Cl)cc1. The summed E-state index contributed by atoms with van der Waals surface area (Å²) in [5, 5.41) is 0. The van der Waals surface area contributed by atoms with Crippen molar-refractivity contribution >= 4 is 39.9 Å². The van der Waals surface area contributed by atoms with Gasteiger partial charge in [-0.2, -0.15) is 11.8 Å². The van der Waals surface area contributed by atoms with Gasteiger partial charge in [0, 0.05) is 17.4 Å². The molecule has 0 aromatic heterocycles. The molecule has 0 radical (unpaired) electrons. The molecule has 1 atom stereocenters. The second kappa shape index (κ2) is 7.15. The summed E-state index contributed by atoms with van der Waals surface area (Å²) in [6.45, 7) is 2.05. The fourth-order valence-electron chi connectivity index (χ4n) is 1.14. The van der Waals surface area contributed by atoms with Crippen molar-refractivity contribution in [2.75, 3.05) is 12.9 Å². The van der Waals surface area contributed by atoms with Crippen molar-refractivity contribution < 1.29 is 4.74 Å². The normalized spacial score (nSPS) is 12.2. The number of hydrogen-bond acceptors (Lipinski definition) is 3. The summed E-state index contributed by atoms with van der Waals surface area (Å²) in [6, 6.07) is 8.11. The average molecular weight is 275 g/mol. The van der Waals surface area contributed by atoms with E-state index in [1.54, 1.807) is 7.11 Å². The Morgan fingerprint density at radius 1 is 1.44 bits per heavy atom. The van der Waals surface area contributed by atoms with Gasteiger partial charge >= 0.3 is 0 Å². The maximum absolute atomic E-state index is 5.75. The molecule has 0 spiro atoms. The number of ether oxygens (including phenoxy) is 1. The summed E-state index contributed by atoms with van der Waals surface area (Å²) in [6.07, 6.45) is 0. The molecule has 0 amide bonds. The summed E-state index contributed by atoms with van der Waals surface area (Å²) in [7, 11) is 1.67. The van der Waals surface area contributed by atoms with Gasteiger partial charge in [-0.05, 0) is 17.7 Å². The van der Waals surface area contributed by atoms with E-state index in [2.05, 4.69) is 19.1 Å². The van der Waals surface area contributed by atoms with E-state index in [0.29, 0.717) is 10.2 Å². The van der Waals surface area contributed by atoms with Crippen LogP contribution in [0.25, 0.3) is 0 Å². The van der Waals surface area contributed by atoms with Gasteiger partial charge in [0.15, 0.2) is 0 Å². The third kappa shape index (κ3) is 4.73. The number of rotatable bonds is 6. The second-order valence-corrected chi connectivity index (χ2v) is 5.67. The fraction of sp³-hybridized carbons (Fsp3) is 0.417. The molecule has 0 saturated carbocycles. The van der Waals surface area contributed by atoms with Crippen LogP contribution in [-0.4, -0.2) is 17.2 Å². The Morgan fingerprint density at radius 3 is 2.56 bits per heavy atom. The van der Waals surface area contributed by atoms with E-state index in [-0.39, 0.29) is 0 Å². The predicted molar refractivity (Wildman–Crippen MR) is 76.8 cm³/mol. The minimum Gasteiger partial charge on any atom is -0.497 e. The largest absolute Gasteiger partial charge is 0.497 e. The number of thiocarbonyl (C=S) groups is 1. The molecule has 0 saturated heterocycles. The molecule has 88 valence electrons. The van der Waals surface area contributed by atoms with Crippen LogP contribution in [-0.2, 0) is 5.75 Å². The molecule has 16 heavy (non-hydrogen) atoms.